The second-order valence-corrected chi connectivity index (χ2v) is 7.34. The average molecular weight is 392 g/mol. The number of aromatic nitrogens is 2. The molecule has 1 saturated heterocycles. The maximum atomic E-state index is 6.43. The number of methoxy groups -OCH3 is 1. The van der Waals surface area contributed by atoms with Crippen molar-refractivity contribution in [2.75, 3.05) is 13.7 Å². The summed E-state index contributed by atoms with van der Waals surface area (Å²) in [6, 6.07) is 18.6. The van der Waals surface area contributed by atoms with E-state index in [4.69, 9.17) is 14.2 Å². The van der Waals surface area contributed by atoms with E-state index in [2.05, 4.69) is 52.9 Å². The fourth-order valence-corrected chi connectivity index (χ4v) is 3.88. The van der Waals surface area contributed by atoms with Gasteiger partial charge in [0, 0.05) is 43.6 Å². The topological polar surface area (TPSA) is 45.5 Å². The van der Waals surface area contributed by atoms with Crippen LogP contribution in [-0.2, 0) is 33.0 Å². The number of hydrogen-bond donors (Lipinski definition) is 0. The van der Waals surface area contributed by atoms with E-state index in [1.54, 1.807) is 7.11 Å². The zero-order valence-electron chi connectivity index (χ0n) is 17.1. The van der Waals surface area contributed by atoms with Crippen LogP contribution in [0.15, 0.2) is 67.0 Å². The summed E-state index contributed by atoms with van der Waals surface area (Å²) in [7, 11) is 1.76. The molecule has 0 spiro atoms. The van der Waals surface area contributed by atoms with Gasteiger partial charge in [0.2, 0.25) is 0 Å². The van der Waals surface area contributed by atoms with Gasteiger partial charge in [-0.2, -0.15) is 0 Å². The first kappa shape index (κ1) is 19.8. The van der Waals surface area contributed by atoms with Gasteiger partial charge in [-0.3, -0.25) is 0 Å². The molecule has 0 saturated carbocycles. The maximum absolute atomic E-state index is 6.43. The summed E-state index contributed by atoms with van der Waals surface area (Å²) < 4.78 is 20.5. The molecule has 1 aliphatic rings. The minimum atomic E-state index is -0.810. The molecule has 1 fully saturated rings. The van der Waals surface area contributed by atoms with Crippen LogP contribution in [0, 0.1) is 0 Å². The Labute approximate surface area is 172 Å². The van der Waals surface area contributed by atoms with Crippen molar-refractivity contribution in [1.82, 2.24) is 9.55 Å². The van der Waals surface area contributed by atoms with Gasteiger partial charge >= 0.3 is 0 Å². The Balaban J connectivity index is 1.62. The van der Waals surface area contributed by atoms with Crippen molar-refractivity contribution in [1.29, 1.82) is 0 Å². The molecule has 5 nitrogen and oxygen atoms in total. The van der Waals surface area contributed by atoms with Gasteiger partial charge in [-0.15, -0.1) is 0 Å². The van der Waals surface area contributed by atoms with Crippen molar-refractivity contribution < 1.29 is 14.2 Å². The molecule has 0 N–H and O–H groups in total. The van der Waals surface area contributed by atoms with Crippen LogP contribution in [0.2, 0.25) is 0 Å². The van der Waals surface area contributed by atoms with Crippen LogP contribution in [0.25, 0.3) is 5.69 Å². The monoisotopic (exact) mass is 392 g/mol. The predicted octanol–water partition coefficient (Wildman–Crippen LogP) is 4.63. The maximum Gasteiger partial charge on any atom is 0.197 e. The zero-order chi connectivity index (χ0) is 20.1. The summed E-state index contributed by atoms with van der Waals surface area (Å²) in [5.74, 6) is 0.233. The molecule has 1 aromatic heterocycles. The van der Waals surface area contributed by atoms with Crippen LogP contribution in [0.5, 0.6) is 0 Å². The van der Waals surface area contributed by atoms with E-state index in [0.717, 1.165) is 35.5 Å². The summed E-state index contributed by atoms with van der Waals surface area (Å²) in [5.41, 5.74) is 3.22. The molecule has 1 aliphatic heterocycles. The first-order valence-electron chi connectivity index (χ1n) is 10.2. The average Bonchev–Trinajstić information content (AvgIpc) is 3.27. The van der Waals surface area contributed by atoms with Crippen molar-refractivity contribution in [2.45, 2.75) is 44.7 Å². The fourth-order valence-electron chi connectivity index (χ4n) is 3.88. The third kappa shape index (κ3) is 4.27. The van der Waals surface area contributed by atoms with E-state index in [-0.39, 0.29) is 6.10 Å². The summed E-state index contributed by atoms with van der Waals surface area (Å²) in [6.07, 6.45) is 6.37. The molecule has 0 bridgehead atoms. The number of aryl methyl sites for hydroxylation is 1. The molecule has 2 unspecified atom stereocenters. The van der Waals surface area contributed by atoms with Gasteiger partial charge in [0.05, 0.1) is 19.3 Å². The minimum absolute atomic E-state index is 0.111. The molecule has 2 heterocycles. The lowest BCUT2D eigenvalue weighted by Crippen LogP contribution is -2.42. The molecule has 4 rings (SSSR count). The van der Waals surface area contributed by atoms with Crippen LogP contribution in [0.3, 0.4) is 0 Å². The van der Waals surface area contributed by atoms with Gasteiger partial charge in [-0.05, 0) is 24.1 Å². The molecule has 0 amide bonds. The molecule has 29 heavy (non-hydrogen) atoms. The van der Waals surface area contributed by atoms with Gasteiger partial charge in [-0.25, -0.2) is 4.98 Å². The Hall–Kier alpha value is -2.47. The Morgan fingerprint density at radius 1 is 1.14 bits per heavy atom. The molecule has 152 valence electrons. The van der Waals surface area contributed by atoms with E-state index < -0.39 is 5.79 Å². The Morgan fingerprint density at radius 2 is 1.93 bits per heavy atom. The van der Waals surface area contributed by atoms with Crippen molar-refractivity contribution in [3.8, 4) is 5.69 Å². The van der Waals surface area contributed by atoms with Gasteiger partial charge in [0.15, 0.2) is 5.79 Å². The van der Waals surface area contributed by atoms with Gasteiger partial charge in [0.1, 0.15) is 5.82 Å². The molecule has 2 aromatic carbocycles. The summed E-state index contributed by atoms with van der Waals surface area (Å²) in [6.45, 7) is 3.21. The van der Waals surface area contributed by atoms with Gasteiger partial charge in [0.25, 0.3) is 0 Å². The van der Waals surface area contributed by atoms with Crippen molar-refractivity contribution in [2.24, 2.45) is 0 Å². The molecule has 5 heteroatoms. The normalized spacial score (nSPS) is 21.9. The second-order valence-electron chi connectivity index (χ2n) is 7.34. The SMILES string of the molecule is CCc1nccn1-c1ccc(C2(OCc3ccccc3)CC(OC)CCO2)cc1. The van der Waals surface area contributed by atoms with Crippen molar-refractivity contribution in [3.05, 3.63) is 83.9 Å². The van der Waals surface area contributed by atoms with Crippen LogP contribution < -0.4 is 0 Å². The third-order valence-electron chi connectivity index (χ3n) is 5.54. The minimum Gasteiger partial charge on any atom is -0.381 e. The second kappa shape index (κ2) is 8.91. The number of imidazole rings is 1. The highest BCUT2D eigenvalue weighted by molar-refractivity contribution is 5.37. The Kier molecular flexibility index (Phi) is 6.09. The zero-order valence-corrected chi connectivity index (χ0v) is 17.1. The van der Waals surface area contributed by atoms with E-state index in [1.807, 2.05) is 30.6 Å². The molecule has 2 atom stereocenters. The van der Waals surface area contributed by atoms with Crippen LogP contribution in [0.1, 0.15) is 36.7 Å². The smallest absolute Gasteiger partial charge is 0.197 e. The number of hydrogen-bond acceptors (Lipinski definition) is 4. The van der Waals surface area contributed by atoms with E-state index in [0.29, 0.717) is 19.6 Å². The van der Waals surface area contributed by atoms with E-state index >= 15 is 0 Å². The number of nitrogens with zero attached hydrogens (tertiary/aromatic N) is 2. The van der Waals surface area contributed by atoms with Gasteiger partial charge < -0.3 is 18.8 Å². The first-order chi connectivity index (χ1) is 14.2. The summed E-state index contributed by atoms with van der Waals surface area (Å²) in [5, 5.41) is 0. The molecule has 0 aliphatic carbocycles. The predicted molar refractivity (Wildman–Crippen MR) is 112 cm³/mol. The lowest BCUT2D eigenvalue weighted by Gasteiger charge is -2.40. The largest absolute Gasteiger partial charge is 0.381 e. The Morgan fingerprint density at radius 3 is 2.66 bits per heavy atom. The number of benzene rings is 2. The quantitative estimate of drug-likeness (QED) is 0.588. The van der Waals surface area contributed by atoms with Crippen molar-refractivity contribution in [3.63, 3.8) is 0 Å². The highest BCUT2D eigenvalue weighted by Crippen LogP contribution is 2.38. The molecular weight excluding hydrogens is 364 g/mol. The molecule has 3 aromatic rings. The first-order valence-corrected chi connectivity index (χ1v) is 10.2. The van der Waals surface area contributed by atoms with Crippen LogP contribution in [-0.4, -0.2) is 29.4 Å². The Bertz CT molecular complexity index is 907. The van der Waals surface area contributed by atoms with Gasteiger partial charge in [-0.1, -0.05) is 49.4 Å². The van der Waals surface area contributed by atoms with Crippen LogP contribution in [0.4, 0.5) is 0 Å². The van der Waals surface area contributed by atoms with E-state index in [9.17, 15) is 0 Å². The third-order valence-corrected chi connectivity index (χ3v) is 5.54. The summed E-state index contributed by atoms with van der Waals surface area (Å²) >= 11 is 0. The van der Waals surface area contributed by atoms with E-state index in [1.165, 1.54) is 0 Å². The summed E-state index contributed by atoms with van der Waals surface area (Å²) in [4.78, 5) is 4.42. The standard InChI is InChI=1S/C24H28N2O3/c1-3-23-25-14-15-26(23)21-11-9-20(10-12-21)24(17-22(27-2)13-16-28-24)29-18-19-7-5-4-6-8-19/h4-12,14-15,22H,3,13,16-18H2,1-2H3. The van der Waals surface area contributed by atoms with Crippen molar-refractivity contribution >= 4 is 0 Å². The lowest BCUT2D eigenvalue weighted by molar-refractivity contribution is -0.288. The number of rotatable bonds is 7. The molecular formula is C24H28N2O3. The fraction of sp³-hybridized carbons (Fsp3) is 0.375. The highest BCUT2D eigenvalue weighted by Gasteiger charge is 2.40. The lowest BCUT2D eigenvalue weighted by atomic mass is 9.94. The highest BCUT2D eigenvalue weighted by atomic mass is 16.7. The molecule has 0 radical (unpaired) electrons. The number of ether oxygens (including phenoxy) is 3. The van der Waals surface area contributed by atoms with Crippen LogP contribution >= 0.6 is 0 Å².